The minimum absolute atomic E-state index is 0.0382. The van der Waals surface area contributed by atoms with Crippen molar-refractivity contribution in [1.29, 1.82) is 0 Å². The smallest absolute Gasteiger partial charge is 0.303 e. The molecule has 0 heterocycles. The van der Waals surface area contributed by atoms with Crippen LogP contribution in [0.25, 0.3) is 0 Å². The van der Waals surface area contributed by atoms with Gasteiger partial charge in [-0.25, -0.2) is 0 Å². The lowest BCUT2D eigenvalue weighted by molar-refractivity contribution is -0.138. The van der Waals surface area contributed by atoms with Crippen molar-refractivity contribution in [2.75, 3.05) is 0 Å². The normalized spacial score (nSPS) is 12.4. The first-order valence-corrected chi connectivity index (χ1v) is 19.6. The van der Waals surface area contributed by atoms with E-state index in [4.69, 9.17) is 5.11 Å². The molecule has 0 aromatic carbocycles. The van der Waals surface area contributed by atoms with Crippen LogP contribution in [0.1, 0.15) is 213 Å². The van der Waals surface area contributed by atoms with Crippen molar-refractivity contribution in [2.45, 2.75) is 213 Å². The highest BCUT2D eigenvalue weighted by atomic mass is 16.4. The van der Waals surface area contributed by atoms with Gasteiger partial charge in [-0.15, -0.1) is 0 Å². The number of carboxylic acids is 1. The van der Waals surface area contributed by atoms with Gasteiger partial charge < -0.3 is 5.11 Å². The predicted octanol–water partition coefficient (Wildman–Crippen LogP) is 13.1. The molecule has 0 fully saturated rings. The monoisotopic (exact) mass is 631 g/mol. The average Bonchev–Trinajstić information content (AvgIpc) is 3.02. The number of Topliss-reactive ketones (excluding diaryl/α,β-unsaturated/α-hetero) is 2. The quantitative estimate of drug-likeness (QED) is 0.0552. The second-order valence-electron chi connectivity index (χ2n) is 13.5. The summed E-state index contributed by atoms with van der Waals surface area (Å²) in [6.45, 7) is 4.52. The zero-order valence-corrected chi connectivity index (χ0v) is 30.0. The summed E-state index contributed by atoms with van der Waals surface area (Å²) in [5.41, 5.74) is 0. The standard InChI is InChI=1S/C41H74O4/c1-3-5-7-9-11-13-15-17-19-21-23-25-27-29-31-33-39(42)37-38(35-36-41(44)45)40(43)34-32-30-28-26-24-22-20-18-16-14-12-10-8-6-4-2/h17-20,38H,3-16,21-37H2,1-2H3,(H,44,45)/b19-17+,20-18+. The van der Waals surface area contributed by atoms with Gasteiger partial charge in [-0.2, -0.15) is 0 Å². The molecule has 4 nitrogen and oxygen atoms in total. The van der Waals surface area contributed by atoms with E-state index in [2.05, 4.69) is 38.2 Å². The summed E-state index contributed by atoms with van der Waals surface area (Å²) >= 11 is 0. The van der Waals surface area contributed by atoms with E-state index in [-0.39, 0.29) is 30.8 Å². The highest BCUT2D eigenvalue weighted by Gasteiger charge is 2.22. The van der Waals surface area contributed by atoms with Crippen molar-refractivity contribution >= 4 is 17.5 Å². The van der Waals surface area contributed by atoms with E-state index in [1.165, 1.54) is 116 Å². The Bertz CT molecular complexity index is 738. The molecule has 0 saturated heterocycles. The number of allylic oxidation sites excluding steroid dienone is 4. The lowest BCUT2D eigenvalue weighted by atomic mass is 9.88. The number of hydrogen-bond acceptors (Lipinski definition) is 3. The number of carbonyl (C=O) groups is 3. The third-order valence-corrected chi connectivity index (χ3v) is 9.04. The lowest BCUT2D eigenvalue weighted by Crippen LogP contribution is -2.20. The van der Waals surface area contributed by atoms with E-state index < -0.39 is 11.9 Å². The van der Waals surface area contributed by atoms with Crippen molar-refractivity contribution in [3.05, 3.63) is 24.3 Å². The first kappa shape index (κ1) is 43.3. The molecule has 262 valence electrons. The second-order valence-corrected chi connectivity index (χ2v) is 13.5. The van der Waals surface area contributed by atoms with Crippen molar-refractivity contribution in [1.82, 2.24) is 0 Å². The minimum Gasteiger partial charge on any atom is -0.481 e. The van der Waals surface area contributed by atoms with Gasteiger partial charge in [-0.3, -0.25) is 14.4 Å². The summed E-state index contributed by atoms with van der Waals surface area (Å²) < 4.78 is 0. The molecule has 0 amide bonds. The van der Waals surface area contributed by atoms with Crippen LogP contribution in [0.2, 0.25) is 0 Å². The molecule has 1 unspecified atom stereocenters. The maximum Gasteiger partial charge on any atom is 0.303 e. The average molecular weight is 631 g/mol. The van der Waals surface area contributed by atoms with Gasteiger partial charge >= 0.3 is 5.97 Å². The van der Waals surface area contributed by atoms with Crippen LogP contribution in [0.5, 0.6) is 0 Å². The molecule has 0 saturated carbocycles. The van der Waals surface area contributed by atoms with Gasteiger partial charge in [0.2, 0.25) is 0 Å². The zero-order valence-electron chi connectivity index (χ0n) is 30.0. The van der Waals surface area contributed by atoms with Gasteiger partial charge in [0.1, 0.15) is 11.6 Å². The van der Waals surface area contributed by atoms with Crippen LogP contribution < -0.4 is 0 Å². The summed E-state index contributed by atoms with van der Waals surface area (Å²) in [7, 11) is 0. The van der Waals surface area contributed by atoms with Crippen molar-refractivity contribution in [3.63, 3.8) is 0 Å². The molecular weight excluding hydrogens is 556 g/mol. The molecular formula is C41H74O4. The number of carbonyl (C=O) groups excluding carboxylic acids is 2. The molecule has 0 aromatic rings. The number of ketones is 2. The predicted molar refractivity (Wildman–Crippen MR) is 194 cm³/mol. The molecule has 45 heavy (non-hydrogen) atoms. The SMILES string of the molecule is CCCCCCCC/C=C/CCCCCCCC(=O)CC(CCC(=O)O)C(=O)CCCCCCC/C=C/CCCCCCCC. The number of rotatable bonds is 36. The van der Waals surface area contributed by atoms with Gasteiger partial charge in [0.25, 0.3) is 0 Å². The highest BCUT2D eigenvalue weighted by molar-refractivity contribution is 5.88. The Hall–Kier alpha value is -1.71. The van der Waals surface area contributed by atoms with Crippen LogP contribution in [0.15, 0.2) is 24.3 Å². The van der Waals surface area contributed by atoms with Crippen molar-refractivity contribution < 1.29 is 19.5 Å². The maximum atomic E-state index is 12.9. The first-order chi connectivity index (χ1) is 22.0. The third-order valence-electron chi connectivity index (χ3n) is 9.04. The Morgan fingerprint density at radius 1 is 0.467 bits per heavy atom. The Morgan fingerprint density at radius 3 is 1.22 bits per heavy atom. The van der Waals surface area contributed by atoms with Crippen molar-refractivity contribution in [2.24, 2.45) is 5.92 Å². The van der Waals surface area contributed by atoms with Crippen LogP contribution in [0, 0.1) is 5.92 Å². The van der Waals surface area contributed by atoms with E-state index in [1.807, 2.05) is 0 Å². The summed E-state index contributed by atoms with van der Waals surface area (Å²) in [4.78, 5) is 36.7. The van der Waals surface area contributed by atoms with Gasteiger partial charge in [0.05, 0.1) is 0 Å². The van der Waals surface area contributed by atoms with E-state index in [0.717, 1.165) is 51.4 Å². The van der Waals surface area contributed by atoms with Gasteiger partial charge in [0, 0.05) is 31.6 Å². The fraction of sp³-hybridized carbons (Fsp3) is 0.829. The Kier molecular flexibility index (Phi) is 33.8. The largest absolute Gasteiger partial charge is 0.481 e. The molecule has 1 atom stereocenters. The molecule has 1 N–H and O–H groups in total. The van der Waals surface area contributed by atoms with Crippen molar-refractivity contribution in [3.8, 4) is 0 Å². The molecule has 4 heteroatoms. The number of carboxylic acid groups (broad SMARTS) is 1. The van der Waals surface area contributed by atoms with Crippen LogP contribution in [0.3, 0.4) is 0 Å². The van der Waals surface area contributed by atoms with E-state index in [9.17, 15) is 14.4 Å². The van der Waals surface area contributed by atoms with Gasteiger partial charge in [-0.05, 0) is 70.6 Å². The number of aliphatic carboxylic acids is 1. The minimum atomic E-state index is -0.890. The molecule has 0 aliphatic heterocycles. The third kappa shape index (κ3) is 33.5. The number of unbranched alkanes of at least 4 members (excludes halogenated alkanes) is 22. The van der Waals surface area contributed by atoms with Gasteiger partial charge in [0.15, 0.2) is 0 Å². The van der Waals surface area contributed by atoms with Crippen LogP contribution >= 0.6 is 0 Å². The van der Waals surface area contributed by atoms with E-state index >= 15 is 0 Å². The topological polar surface area (TPSA) is 71.4 Å². The molecule has 0 aromatic heterocycles. The van der Waals surface area contributed by atoms with Crippen LogP contribution in [-0.2, 0) is 14.4 Å². The first-order valence-electron chi connectivity index (χ1n) is 19.6. The fourth-order valence-electron chi connectivity index (χ4n) is 6.02. The Balaban J connectivity index is 3.92. The molecule has 0 aliphatic carbocycles. The van der Waals surface area contributed by atoms with Crippen LogP contribution in [0.4, 0.5) is 0 Å². The van der Waals surface area contributed by atoms with Crippen LogP contribution in [-0.4, -0.2) is 22.6 Å². The fourth-order valence-corrected chi connectivity index (χ4v) is 6.02. The second kappa shape index (κ2) is 35.1. The molecule has 0 radical (unpaired) electrons. The Labute approximate surface area is 279 Å². The van der Waals surface area contributed by atoms with E-state index in [0.29, 0.717) is 12.8 Å². The van der Waals surface area contributed by atoms with E-state index in [1.54, 1.807) is 0 Å². The summed E-state index contributed by atoms with van der Waals surface area (Å²) in [5, 5.41) is 9.14. The lowest BCUT2D eigenvalue weighted by Gasteiger charge is -2.14. The highest BCUT2D eigenvalue weighted by Crippen LogP contribution is 2.20. The zero-order chi connectivity index (χ0) is 33.1. The Morgan fingerprint density at radius 2 is 0.822 bits per heavy atom. The number of hydrogen-bond donors (Lipinski definition) is 1. The molecule has 0 spiro atoms. The molecule has 0 rings (SSSR count). The molecule has 0 bridgehead atoms. The molecule has 0 aliphatic rings. The maximum absolute atomic E-state index is 12.9. The summed E-state index contributed by atoms with van der Waals surface area (Å²) in [6, 6.07) is 0. The summed E-state index contributed by atoms with van der Waals surface area (Å²) in [5.74, 6) is -1.10. The van der Waals surface area contributed by atoms with Gasteiger partial charge in [-0.1, -0.05) is 141 Å². The summed E-state index contributed by atoms with van der Waals surface area (Å²) in [6.07, 6.45) is 42.6.